The van der Waals surface area contributed by atoms with Gasteiger partial charge in [0.05, 0.1) is 22.7 Å². The number of amides is 1. The highest BCUT2D eigenvalue weighted by molar-refractivity contribution is 5.96. The van der Waals surface area contributed by atoms with E-state index in [1.54, 1.807) is 18.2 Å². The molecule has 1 heterocycles. The first-order valence-corrected chi connectivity index (χ1v) is 7.93. The largest absolute Gasteiger partial charge is 0.295 e. The highest BCUT2D eigenvalue weighted by Gasteiger charge is 2.28. The van der Waals surface area contributed by atoms with Crippen molar-refractivity contribution < 1.29 is 4.79 Å². The van der Waals surface area contributed by atoms with Gasteiger partial charge in [0, 0.05) is 11.6 Å². The van der Waals surface area contributed by atoms with Crippen molar-refractivity contribution in [2.75, 3.05) is 5.32 Å². The lowest BCUT2D eigenvalue weighted by Gasteiger charge is -2.26. The van der Waals surface area contributed by atoms with Crippen LogP contribution < -0.4 is 5.32 Å². The molecule has 0 fully saturated rings. The fourth-order valence-electron chi connectivity index (χ4n) is 2.43. The molecule has 2 aromatic rings. The van der Waals surface area contributed by atoms with E-state index in [1.807, 2.05) is 50.5 Å². The van der Waals surface area contributed by atoms with Crippen LogP contribution in [-0.2, 0) is 4.79 Å². The average molecular weight is 320 g/mol. The summed E-state index contributed by atoms with van der Waals surface area (Å²) in [5.74, 6) is 0.256. The maximum absolute atomic E-state index is 12.6. The molecule has 1 N–H and O–H groups in total. The van der Waals surface area contributed by atoms with Gasteiger partial charge in [0.25, 0.3) is 0 Å². The van der Waals surface area contributed by atoms with E-state index in [9.17, 15) is 4.79 Å². The lowest BCUT2D eigenvalue weighted by Crippen LogP contribution is -2.31. The summed E-state index contributed by atoms with van der Waals surface area (Å²) >= 11 is 0. The molecule has 0 spiro atoms. The summed E-state index contributed by atoms with van der Waals surface area (Å²) in [6.45, 7) is 8.03. The van der Waals surface area contributed by atoms with Crippen molar-refractivity contribution in [3.63, 3.8) is 0 Å². The summed E-state index contributed by atoms with van der Waals surface area (Å²) in [5, 5.41) is 12.1. The van der Waals surface area contributed by atoms with Gasteiger partial charge in [-0.2, -0.15) is 5.26 Å². The van der Waals surface area contributed by atoms with Gasteiger partial charge in [-0.25, -0.2) is 4.98 Å². The second-order valence-corrected chi connectivity index (χ2v) is 7.11. The standard InChI is InChI=1S/C19H20N4O/c1-12(19(2,3)4)17(24)22-18-21-15-9-8-13(11-20)10-16(15)23(18)14-6-5-7-14/h5-10,12H,1-4H3,(H,21,22,24)/t12-/m1/s1. The van der Waals surface area contributed by atoms with Gasteiger partial charge in [-0.15, -0.1) is 0 Å². The van der Waals surface area contributed by atoms with E-state index >= 15 is 0 Å². The number of imidazole rings is 1. The minimum Gasteiger partial charge on any atom is -0.295 e. The van der Waals surface area contributed by atoms with Crippen LogP contribution in [-0.4, -0.2) is 15.5 Å². The number of aromatic nitrogens is 2. The van der Waals surface area contributed by atoms with Crippen molar-refractivity contribution in [1.29, 1.82) is 5.26 Å². The van der Waals surface area contributed by atoms with E-state index in [2.05, 4.69) is 16.4 Å². The van der Waals surface area contributed by atoms with Crippen molar-refractivity contribution in [3.8, 4) is 6.07 Å². The predicted molar refractivity (Wildman–Crippen MR) is 95.1 cm³/mol. The maximum atomic E-state index is 12.6. The third-order valence-corrected chi connectivity index (χ3v) is 4.50. The molecule has 1 aromatic carbocycles. The number of nitriles is 1. The highest BCUT2D eigenvalue weighted by atomic mass is 16.2. The topological polar surface area (TPSA) is 70.7 Å². The number of nitrogens with zero attached hydrogens (tertiary/aromatic N) is 3. The zero-order chi connectivity index (χ0) is 17.5. The summed E-state index contributed by atoms with van der Waals surface area (Å²) < 4.78 is 1.88. The number of hydrogen-bond donors (Lipinski definition) is 1. The van der Waals surface area contributed by atoms with Gasteiger partial charge in [-0.05, 0) is 35.8 Å². The predicted octanol–water partition coefficient (Wildman–Crippen LogP) is 3.94. The van der Waals surface area contributed by atoms with Crippen molar-refractivity contribution in [2.45, 2.75) is 27.7 Å². The SMILES string of the molecule is C[C@H](C(=O)Nc1nc2ccc(C#N)cc2n1C1=CC=C1)C(C)(C)C. The minimum atomic E-state index is -0.161. The van der Waals surface area contributed by atoms with Crippen LogP contribution in [0.15, 0.2) is 36.4 Å². The normalized spacial score (nSPS) is 14.7. The smallest absolute Gasteiger partial charge is 0.230 e. The molecule has 0 saturated carbocycles. The van der Waals surface area contributed by atoms with Crippen LogP contribution in [0.5, 0.6) is 0 Å². The van der Waals surface area contributed by atoms with Crippen molar-refractivity contribution in [2.24, 2.45) is 11.3 Å². The monoisotopic (exact) mass is 320 g/mol. The second-order valence-electron chi connectivity index (χ2n) is 7.11. The van der Waals surface area contributed by atoms with Gasteiger partial charge in [-0.1, -0.05) is 33.8 Å². The molecule has 0 radical (unpaired) electrons. The van der Waals surface area contributed by atoms with Crippen molar-refractivity contribution in [1.82, 2.24) is 9.55 Å². The summed E-state index contributed by atoms with van der Waals surface area (Å²) in [6.07, 6.45) is 5.82. The van der Waals surface area contributed by atoms with E-state index in [0.717, 1.165) is 16.7 Å². The summed E-state index contributed by atoms with van der Waals surface area (Å²) in [7, 11) is 0. The van der Waals surface area contributed by atoms with Crippen LogP contribution in [0.25, 0.3) is 16.7 Å². The van der Waals surface area contributed by atoms with Gasteiger partial charge in [0.2, 0.25) is 11.9 Å². The molecular weight excluding hydrogens is 300 g/mol. The quantitative estimate of drug-likeness (QED) is 0.931. The van der Waals surface area contributed by atoms with Crippen LogP contribution >= 0.6 is 0 Å². The van der Waals surface area contributed by atoms with E-state index in [4.69, 9.17) is 5.26 Å². The molecule has 0 unspecified atom stereocenters. The van der Waals surface area contributed by atoms with E-state index < -0.39 is 0 Å². The molecule has 3 rings (SSSR count). The summed E-state index contributed by atoms with van der Waals surface area (Å²) in [6, 6.07) is 7.47. The Hall–Kier alpha value is -2.87. The molecule has 0 aliphatic heterocycles. The number of carbonyl (C=O) groups is 1. The lowest BCUT2D eigenvalue weighted by molar-refractivity contribution is -0.122. The number of fused-ring (bicyclic) bond motifs is 1. The number of allylic oxidation sites excluding steroid dienone is 4. The Bertz CT molecular complexity index is 919. The Labute approximate surface area is 141 Å². The molecule has 5 heteroatoms. The molecule has 1 aliphatic carbocycles. The van der Waals surface area contributed by atoms with Gasteiger partial charge in [-0.3, -0.25) is 14.7 Å². The lowest BCUT2D eigenvalue weighted by atomic mass is 9.81. The zero-order valence-electron chi connectivity index (χ0n) is 14.3. The Morgan fingerprint density at radius 3 is 2.62 bits per heavy atom. The number of rotatable bonds is 3. The second kappa shape index (κ2) is 5.64. The molecule has 1 amide bonds. The van der Waals surface area contributed by atoms with Gasteiger partial charge >= 0.3 is 0 Å². The Balaban J connectivity index is 2.05. The van der Waals surface area contributed by atoms with E-state index in [1.165, 1.54) is 0 Å². The molecule has 1 atom stereocenters. The third-order valence-electron chi connectivity index (χ3n) is 4.50. The highest BCUT2D eigenvalue weighted by Crippen LogP contribution is 2.30. The number of nitrogens with one attached hydrogen (secondary N) is 1. The first kappa shape index (κ1) is 16.0. The molecular formula is C19H20N4O. The Morgan fingerprint density at radius 2 is 2.08 bits per heavy atom. The van der Waals surface area contributed by atoms with E-state index in [0.29, 0.717) is 11.5 Å². The van der Waals surface area contributed by atoms with Crippen molar-refractivity contribution in [3.05, 3.63) is 42.0 Å². The van der Waals surface area contributed by atoms with Gasteiger partial charge in [0.1, 0.15) is 0 Å². The van der Waals surface area contributed by atoms with Crippen LogP contribution in [0.2, 0.25) is 0 Å². The maximum Gasteiger partial charge on any atom is 0.230 e. The van der Waals surface area contributed by atoms with Crippen LogP contribution in [0.1, 0.15) is 33.3 Å². The van der Waals surface area contributed by atoms with Crippen LogP contribution in [0.4, 0.5) is 5.95 Å². The number of anilines is 1. The van der Waals surface area contributed by atoms with Crippen LogP contribution in [0, 0.1) is 22.7 Å². The third kappa shape index (κ3) is 2.71. The number of benzene rings is 1. The summed E-state index contributed by atoms with van der Waals surface area (Å²) in [5.41, 5.74) is 2.92. The van der Waals surface area contributed by atoms with Gasteiger partial charge in [0.15, 0.2) is 0 Å². The van der Waals surface area contributed by atoms with Crippen molar-refractivity contribution >= 4 is 28.6 Å². The fourth-order valence-corrected chi connectivity index (χ4v) is 2.43. The Morgan fingerprint density at radius 1 is 1.38 bits per heavy atom. The van der Waals surface area contributed by atoms with Gasteiger partial charge < -0.3 is 0 Å². The van der Waals surface area contributed by atoms with E-state index in [-0.39, 0.29) is 17.2 Å². The summed E-state index contributed by atoms with van der Waals surface area (Å²) in [4.78, 5) is 17.1. The first-order valence-electron chi connectivity index (χ1n) is 7.93. The number of hydrogen-bond acceptors (Lipinski definition) is 3. The minimum absolute atomic E-state index is 0.0662. The zero-order valence-corrected chi connectivity index (χ0v) is 14.3. The fraction of sp³-hybridized carbons (Fsp3) is 0.316. The molecule has 5 nitrogen and oxygen atoms in total. The van der Waals surface area contributed by atoms with Crippen LogP contribution in [0.3, 0.4) is 0 Å². The molecule has 24 heavy (non-hydrogen) atoms. The molecule has 0 saturated heterocycles. The number of carbonyl (C=O) groups excluding carboxylic acids is 1. The molecule has 1 aliphatic rings. The average Bonchev–Trinajstić information content (AvgIpc) is 2.81. The molecule has 1 aromatic heterocycles. The molecule has 0 bridgehead atoms. The Kier molecular flexibility index (Phi) is 3.76. The first-order chi connectivity index (χ1) is 11.3. The molecule has 122 valence electrons.